The molecule has 7 heteroatoms. The highest BCUT2D eigenvalue weighted by molar-refractivity contribution is 6.35. The molecule has 0 aromatic heterocycles. The van der Waals surface area contributed by atoms with Crippen molar-refractivity contribution in [2.24, 2.45) is 0 Å². The molecule has 0 aliphatic rings. The van der Waals surface area contributed by atoms with Crippen LogP contribution < -0.4 is 4.74 Å². The van der Waals surface area contributed by atoms with E-state index in [0.29, 0.717) is 0 Å². The van der Waals surface area contributed by atoms with Crippen molar-refractivity contribution in [3.05, 3.63) is 29.8 Å². The van der Waals surface area contributed by atoms with Crippen molar-refractivity contribution in [1.29, 1.82) is 0 Å². The van der Waals surface area contributed by atoms with Crippen LogP contribution in [0.4, 0.5) is 0 Å². The average molecular weight is 269 g/mol. The fraction of sp³-hybridized carbons (Fsp3) is 0.333. The van der Waals surface area contributed by atoms with Crippen molar-refractivity contribution < 1.29 is 29.7 Å². The van der Waals surface area contributed by atoms with E-state index in [1.54, 1.807) is 12.1 Å². The lowest BCUT2D eigenvalue weighted by Gasteiger charge is -2.15. The molecule has 0 spiro atoms. The first kappa shape index (κ1) is 15.1. The van der Waals surface area contributed by atoms with Crippen LogP contribution in [0.3, 0.4) is 0 Å². The summed E-state index contributed by atoms with van der Waals surface area (Å²) in [4.78, 5) is 22.6. The number of carbonyl (C=O) groups is 2. The van der Waals surface area contributed by atoms with Crippen LogP contribution in [0, 0.1) is 0 Å². The molecule has 0 radical (unpaired) electrons. The van der Waals surface area contributed by atoms with Crippen LogP contribution in [-0.2, 0) is 9.59 Å². The number of rotatable bonds is 6. The van der Waals surface area contributed by atoms with Crippen molar-refractivity contribution in [2.75, 3.05) is 13.8 Å². The normalized spacial score (nSPS) is 11.8. The zero-order valence-electron chi connectivity index (χ0n) is 10.3. The van der Waals surface area contributed by atoms with Gasteiger partial charge in [-0.05, 0) is 6.07 Å². The van der Waals surface area contributed by atoms with Crippen LogP contribution in [0.1, 0.15) is 18.1 Å². The number of ketones is 1. The largest absolute Gasteiger partial charge is 0.467 e. The van der Waals surface area contributed by atoms with Gasteiger partial charge in [0.2, 0.25) is 5.78 Å². The summed E-state index contributed by atoms with van der Waals surface area (Å²) in [7, 11) is 1.02. The zero-order valence-corrected chi connectivity index (χ0v) is 10.3. The minimum atomic E-state index is -1.26. The minimum Gasteiger partial charge on any atom is -0.467 e. The van der Waals surface area contributed by atoms with Gasteiger partial charge >= 0.3 is 5.91 Å². The van der Waals surface area contributed by atoms with E-state index in [2.05, 4.69) is 0 Å². The van der Waals surface area contributed by atoms with Crippen LogP contribution in [0.25, 0.3) is 0 Å². The molecule has 7 nitrogen and oxygen atoms in total. The number of para-hydroxylation sites is 1. The Balaban J connectivity index is 2.81. The number of ether oxygens (including phenoxy) is 1. The molecule has 0 bridgehead atoms. The summed E-state index contributed by atoms with van der Waals surface area (Å²) in [6.07, 6.45) is -1.76. The number of benzene rings is 1. The molecule has 104 valence electrons. The second kappa shape index (κ2) is 6.83. The zero-order chi connectivity index (χ0) is 14.4. The number of Topliss-reactive ketones (excluding diaryl/α,β-unsaturated/α-hetero) is 1. The Labute approximate surface area is 109 Å². The van der Waals surface area contributed by atoms with Gasteiger partial charge in [0, 0.05) is 19.0 Å². The van der Waals surface area contributed by atoms with Gasteiger partial charge < -0.3 is 14.9 Å². The van der Waals surface area contributed by atoms with Crippen LogP contribution in [-0.4, -0.2) is 46.0 Å². The van der Waals surface area contributed by atoms with Crippen LogP contribution in [0.2, 0.25) is 0 Å². The number of hydrogen-bond acceptors (Lipinski definition) is 6. The standard InChI is InChI=1S/C12H15NO6/c1-13(18)12(17)10(16)6-9(15)8-4-2-3-5-11(8)19-7-14/h2-5,9,14-15,18H,6-7H2,1H3. The number of nitrogens with zero attached hydrogens (tertiary/aromatic N) is 1. The Hall–Kier alpha value is -1.96. The van der Waals surface area contributed by atoms with Crippen LogP contribution in [0.5, 0.6) is 5.75 Å². The Kier molecular flexibility index (Phi) is 5.43. The molecule has 0 fully saturated rings. The van der Waals surface area contributed by atoms with Crippen molar-refractivity contribution in [1.82, 2.24) is 5.06 Å². The van der Waals surface area contributed by atoms with E-state index >= 15 is 0 Å². The third-order valence-corrected chi connectivity index (χ3v) is 2.41. The molecule has 19 heavy (non-hydrogen) atoms. The first-order valence-corrected chi connectivity index (χ1v) is 5.47. The minimum absolute atomic E-state index is 0.158. The Morgan fingerprint density at radius 2 is 2.00 bits per heavy atom. The van der Waals surface area contributed by atoms with Crippen LogP contribution >= 0.6 is 0 Å². The number of hydrogen-bond donors (Lipinski definition) is 3. The molecule has 1 aromatic carbocycles. The lowest BCUT2D eigenvalue weighted by Crippen LogP contribution is -2.31. The van der Waals surface area contributed by atoms with Gasteiger partial charge in [0.25, 0.3) is 0 Å². The molecule has 1 aromatic rings. The predicted molar refractivity (Wildman–Crippen MR) is 63.3 cm³/mol. The molecular formula is C12H15NO6. The van der Waals surface area contributed by atoms with Gasteiger partial charge in [-0.2, -0.15) is 0 Å². The van der Waals surface area contributed by atoms with Gasteiger partial charge in [-0.1, -0.05) is 18.2 Å². The van der Waals surface area contributed by atoms with Gasteiger partial charge in [0.1, 0.15) is 5.75 Å². The molecule has 0 saturated carbocycles. The van der Waals surface area contributed by atoms with Crippen LogP contribution in [0.15, 0.2) is 24.3 Å². The number of hydroxylamine groups is 2. The number of carbonyl (C=O) groups excluding carboxylic acids is 2. The van der Waals surface area contributed by atoms with Gasteiger partial charge in [-0.3, -0.25) is 14.8 Å². The number of likely N-dealkylation sites (N-methyl/N-ethyl adjacent to an activating group) is 1. The molecule has 0 aliphatic carbocycles. The highest BCUT2D eigenvalue weighted by Gasteiger charge is 2.23. The summed E-state index contributed by atoms with van der Waals surface area (Å²) in [6.45, 7) is -0.573. The molecule has 0 heterocycles. The average Bonchev–Trinajstić information content (AvgIpc) is 2.38. The maximum Gasteiger partial charge on any atom is 0.313 e. The summed E-state index contributed by atoms with van der Waals surface area (Å²) in [5.74, 6) is -1.83. The Morgan fingerprint density at radius 3 is 2.58 bits per heavy atom. The maximum absolute atomic E-state index is 11.4. The molecule has 1 amide bonds. The summed E-state index contributed by atoms with van der Waals surface area (Å²) in [5.41, 5.74) is 0.276. The van der Waals surface area contributed by atoms with Gasteiger partial charge in [-0.15, -0.1) is 0 Å². The van der Waals surface area contributed by atoms with Crippen molar-refractivity contribution in [3.8, 4) is 5.75 Å². The fourth-order valence-electron chi connectivity index (χ4n) is 1.51. The molecule has 1 unspecified atom stereocenters. The van der Waals surface area contributed by atoms with E-state index in [9.17, 15) is 14.7 Å². The number of amides is 1. The predicted octanol–water partition coefficient (Wildman–Crippen LogP) is -0.145. The van der Waals surface area contributed by atoms with Gasteiger partial charge in [-0.25, -0.2) is 5.06 Å². The smallest absolute Gasteiger partial charge is 0.313 e. The number of aliphatic hydroxyl groups is 2. The van der Waals surface area contributed by atoms with E-state index in [-0.39, 0.29) is 16.4 Å². The Morgan fingerprint density at radius 1 is 1.37 bits per heavy atom. The van der Waals surface area contributed by atoms with E-state index < -0.39 is 31.0 Å². The van der Waals surface area contributed by atoms with Crippen molar-refractivity contribution in [3.63, 3.8) is 0 Å². The van der Waals surface area contributed by atoms with Gasteiger partial charge in [0.05, 0.1) is 6.10 Å². The number of aliphatic hydroxyl groups excluding tert-OH is 2. The quantitative estimate of drug-likeness (QED) is 0.287. The topological polar surface area (TPSA) is 107 Å². The molecule has 3 N–H and O–H groups in total. The molecule has 1 atom stereocenters. The molecule has 0 saturated heterocycles. The summed E-state index contributed by atoms with van der Waals surface area (Å²) in [5, 5.41) is 27.6. The first-order chi connectivity index (χ1) is 8.97. The maximum atomic E-state index is 11.4. The monoisotopic (exact) mass is 269 g/mol. The first-order valence-electron chi connectivity index (χ1n) is 5.47. The van der Waals surface area contributed by atoms with E-state index in [1.807, 2.05) is 0 Å². The van der Waals surface area contributed by atoms with E-state index in [0.717, 1.165) is 7.05 Å². The van der Waals surface area contributed by atoms with Crippen molar-refractivity contribution >= 4 is 11.7 Å². The fourth-order valence-corrected chi connectivity index (χ4v) is 1.51. The molecular weight excluding hydrogens is 254 g/mol. The summed E-state index contributed by atoms with van der Waals surface area (Å²) < 4.78 is 4.89. The van der Waals surface area contributed by atoms with E-state index in [1.165, 1.54) is 12.1 Å². The lowest BCUT2D eigenvalue weighted by molar-refractivity contribution is -0.166. The second-order valence-electron chi connectivity index (χ2n) is 3.78. The highest BCUT2D eigenvalue weighted by Crippen LogP contribution is 2.27. The SMILES string of the molecule is CN(O)C(=O)C(=O)CC(O)c1ccccc1OCO. The van der Waals surface area contributed by atoms with E-state index in [4.69, 9.17) is 15.1 Å². The summed E-state index contributed by atoms with van der Waals surface area (Å²) in [6, 6.07) is 6.28. The molecule has 0 aliphatic heterocycles. The third kappa shape index (κ3) is 4.02. The highest BCUT2D eigenvalue weighted by atomic mass is 16.6. The van der Waals surface area contributed by atoms with Gasteiger partial charge in [0.15, 0.2) is 6.79 Å². The third-order valence-electron chi connectivity index (χ3n) is 2.41. The lowest BCUT2D eigenvalue weighted by atomic mass is 10.0. The second-order valence-corrected chi connectivity index (χ2v) is 3.78. The van der Waals surface area contributed by atoms with Crippen molar-refractivity contribution in [2.45, 2.75) is 12.5 Å². The summed E-state index contributed by atoms with van der Waals surface area (Å²) >= 11 is 0. The molecule has 1 rings (SSSR count). The Bertz CT molecular complexity index is 459.